The average molecular weight is 238 g/mol. The summed E-state index contributed by atoms with van der Waals surface area (Å²) in [7, 11) is 0. The van der Waals surface area contributed by atoms with E-state index in [0.29, 0.717) is 5.69 Å². The molecule has 0 radical (unpaired) electrons. The van der Waals surface area contributed by atoms with Gasteiger partial charge < -0.3 is 10.3 Å². The Labute approximate surface area is 105 Å². The number of anilines is 1. The van der Waals surface area contributed by atoms with Gasteiger partial charge in [-0.1, -0.05) is 19.1 Å². The van der Waals surface area contributed by atoms with E-state index in [1.54, 1.807) is 6.20 Å². The molecule has 0 amide bonds. The summed E-state index contributed by atoms with van der Waals surface area (Å²) in [6.07, 6.45) is 6.46. The number of rotatable bonds is 2. The second kappa shape index (κ2) is 4.14. The largest absolute Gasteiger partial charge is 0.397 e. The number of aromatic nitrogens is 3. The van der Waals surface area contributed by atoms with Gasteiger partial charge in [0.25, 0.3) is 0 Å². The van der Waals surface area contributed by atoms with Crippen LogP contribution < -0.4 is 5.73 Å². The van der Waals surface area contributed by atoms with Crippen molar-refractivity contribution >= 4 is 16.6 Å². The van der Waals surface area contributed by atoms with Crippen molar-refractivity contribution < 1.29 is 0 Å². The minimum absolute atomic E-state index is 0.701. The van der Waals surface area contributed by atoms with Gasteiger partial charge in [-0.25, -0.2) is 4.98 Å². The Morgan fingerprint density at radius 1 is 1.17 bits per heavy atom. The lowest BCUT2D eigenvalue weighted by Gasteiger charge is -2.10. The molecule has 0 spiro atoms. The molecule has 0 bridgehead atoms. The fourth-order valence-electron chi connectivity index (χ4n) is 2.21. The minimum Gasteiger partial charge on any atom is -0.397 e. The van der Waals surface area contributed by atoms with E-state index in [9.17, 15) is 0 Å². The van der Waals surface area contributed by atoms with Crippen LogP contribution in [0.1, 0.15) is 12.7 Å². The van der Waals surface area contributed by atoms with Crippen molar-refractivity contribution in [2.24, 2.45) is 0 Å². The molecule has 3 rings (SSSR count). The van der Waals surface area contributed by atoms with E-state index >= 15 is 0 Å². The number of pyridine rings is 1. The molecule has 0 aliphatic carbocycles. The maximum atomic E-state index is 5.96. The number of hydrogen-bond acceptors (Lipinski definition) is 3. The summed E-state index contributed by atoms with van der Waals surface area (Å²) in [5, 5.41) is 1.05. The van der Waals surface area contributed by atoms with Crippen molar-refractivity contribution in [3.05, 3.63) is 48.7 Å². The van der Waals surface area contributed by atoms with Gasteiger partial charge in [-0.05, 0) is 12.1 Å². The third kappa shape index (κ3) is 1.54. The van der Waals surface area contributed by atoms with Gasteiger partial charge in [0.05, 0.1) is 16.9 Å². The highest BCUT2D eigenvalue weighted by atomic mass is 15.1. The van der Waals surface area contributed by atoms with Crippen LogP contribution in [-0.2, 0) is 6.42 Å². The minimum atomic E-state index is 0.701. The number of hydrogen-bond donors (Lipinski definition) is 1. The van der Waals surface area contributed by atoms with Gasteiger partial charge in [-0.2, -0.15) is 0 Å². The summed E-state index contributed by atoms with van der Waals surface area (Å²) in [6, 6.07) is 7.84. The average Bonchev–Trinajstić information content (AvgIpc) is 2.87. The van der Waals surface area contributed by atoms with Crippen molar-refractivity contribution in [2.45, 2.75) is 13.3 Å². The number of fused-ring (bicyclic) bond motifs is 1. The number of benzene rings is 1. The monoisotopic (exact) mass is 238 g/mol. The molecule has 0 unspecified atom stereocenters. The Hall–Kier alpha value is -2.36. The van der Waals surface area contributed by atoms with E-state index in [2.05, 4.69) is 21.5 Å². The topological polar surface area (TPSA) is 56.7 Å². The fraction of sp³-hybridized carbons (Fsp3) is 0.143. The van der Waals surface area contributed by atoms with Gasteiger partial charge in [-0.3, -0.25) is 4.98 Å². The van der Waals surface area contributed by atoms with Gasteiger partial charge in [0.15, 0.2) is 0 Å². The Morgan fingerprint density at radius 2 is 2.06 bits per heavy atom. The molecule has 4 nitrogen and oxygen atoms in total. The number of nitrogens with zero attached hydrogens (tertiary/aromatic N) is 3. The van der Waals surface area contributed by atoms with Gasteiger partial charge in [0.2, 0.25) is 0 Å². The summed E-state index contributed by atoms with van der Waals surface area (Å²) < 4.78 is 2.09. The number of para-hydroxylation sites is 1. The molecule has 0 atom stereocenters. The van der Waals surface area contributed by atoms with Crippen LogP contribution in [0, 0.1) is 0 Å². The van der Waals surface area contributed by atoms with Gasteiger partial charge in [-0.15, -0.1) is 0 Å². The molecule has 2 heterocycles. The van der Waals surface area contributed by atoms with Gasteiger partial charge >= 0.3 is 0 Å². The summed E-state index contributed by atoms with van der Waals surface area (Å²) >= 11 is 0. The first-order valence-electron chi connectivity index (χ1n) is 5.97. The zero-order valence-electron chi connectivity index (χ0n) is 10.2. The lowest BCUT2D eigenvalue weighted by atomic mass is 10.1. The summed E-state index contributed by atoms with van der Waals surface area (Å²) in [5.41, 5.74) is 8.57. The molecule has 0 saturated carbocycles. The van der Waals surface area contributed by atoms with E-state index in [1.807, 2.05) is 36.7 Å². The first-order chi connectivity index (χ1) is 8.81. The maximum Gasteiger partial charge on any atom is 0.112 e. The highest BCUT2D eigenvalue weighted by Crippen LogP contribution is 2.25. The molecule has 18 heavy (non-hydrogen) atoms. The maximum absolute atomic E-state index is 5.96. The number of nitrogen functional groups attached to an aromatic ring is 1. The number of imidazole rings is 1. The molecule has 2 aromatic heterocycles. The standard InChI is InChI=1S/C14H14N4/c1-2-13-16-8-9-18(13)12-6-7-17-14-10(12)4-3-5-11(14)15/h3-9H,2,15H2,1H3. The highest BCUT2D eigenvalue weighted by molar-refractivity contribution is 5.94. The molecule has 0 aliphatic heterocycles. The van der Waals surface area contributed by atoms with E-state index in [0.717, 1.165) is 28.8 Å². The van der Waals surface area contributed by atoms with Crippen LogP contribution in [0.5, 0.6) is 0 Å². The van der Waals surface area contributed by atoms with Crippen LogP contribution in [-0.4, -0.2) is 14.5 Å². The third-order valence-corrected chi connectivity index (χ3v) is 3.07. The van der Waals surface area contributed by atoms with Crippen LogP contribution >= 0.6 is 0 Å². The van der Waals surface area contributed by atoms with E-state index in [4.69, 9.17) is 5.73 Å². The molecular weight excluding hydrogens is 224 g/mol. The molecule has 2 N–H and O–H groups in total. The predicted octanol–water partition coefficient (Wildman–Crippen LogP) is 2.57. The lowest BCUT2D eigenvalue weighted by Crippen LogP contribution is -2.01. The van der Waals surface area contributed by atoms with E-state index < -0.39 is 0 Å². The molecule has 90 valence electrons. The summed E-state index contributed by atoms with van der Waals surface area (Å²) in [5.74, 6) is 1.03. The molecule has 4 heteroatoms. The van der Waals surface area contributed by atoms with Crippen molar-refractivity contribution in [2.75, 3.05) is 5.73 Å². The van der Waals surface area contributed by atoms with E-state index in [-0.39, 0.29) is 0 Å². The van der Waals surface area contributed by atoms with Crippen molar-refractivity contribution in [1.82, 2.24) is 14.5 Å². The summed E-state index contributed by atoms with van der Waals surface area (Å²) in [6.45, 7) is 2.09. The quantitative estimate of drug-likeness (QED) is 0.698. The molecule has 0 aliphatic rings. The van der Waals surface area contributed by atoms with Crippen LogP contribution in [0.15, 0.2) is 42.9 Å². The number of nitrogens with two attached hydrogens (primary N) is 1. The second-order valence-corrected chi connectivity index (χ2v) is 4.14. The van der Waals surface area contributed by atoms with Crippen molar-refractivity contribution in [3.8, 4) is 5.69 Å². The van der Waals surface area contributed by atoms with Crippen LogP contribution in [0.4, 0.5) is 5.69 Å². The van der Waals surface area contributed by atoms with Crippen molar-refractivity contribution in [1.29, 1.82) is 0 Å². The first kappa shape index (κ1) is 10.8. The number of aryl methyl sites for hydroxylation is 1. The van der Waals surface area contributed by atoms with Crippen LogP contribution in [0.2, 0.25) is 0 Å². The Bertz CT molecular complexity index is 700. The molecular formula is C14H14N4. The second-order valence-electron chi connectivity index (χ2n) is 4.14. The highest BCUT2D eigenvalue weighted by Gasteiger charge is 2.08. The predicted molar refractivity (Wildman–Crippen MR) is 72.7 cm³/mol. The zero-order valence-corrected chi connectivity index (χ0v) is 10.2. The lowest BCUT2D eigenvalue weighted by molar-refractivity contribution is 0.895. The third-order valence-electron chi connectivity index (χ3n) is 3.07. The van der Waals surface area contributed by atoms with Crippen molar-refractivity contribution in [3.63, 3.8) is 0 Å². The van der Waals surface area contributed by atoms with Gasteiger partial charge in [0.1, 0.15) is 5.82 Å². The van der Waals surface area contributed by atoms with Crippen LogP contribution in [0.3, 0.4) is 0 Å². The van der Waals surface area contributed by atoms with Crippen LogP contribution in [0.25, 0.3) is 16.6 Å². The van der Waals surface area contributed by atoms with Gasteiger partial charge in [0, 0.05) is 30.4 Å². The Morgan fingerprint density at radius 3 is 2.89 bits per heavy atom. The van der Waals surface area contributed by atoms with E-state index in [1.165, 1.54) is 0 Å². The molecule has 3 aromatic rings. The molecule has 0 saturated heterocycles. The fourth-order valence-corrected chi connectivity index (χ4v) is 2.21. The Balaban J connectivity index is 2.33. The normalized spacial score (nSPS) is 10.9. The summed E-state index contributed by atoms with van der Waals surface area (Å²) in [4.78, 5) is 8.70. The Kier molecular flexibility index (Phi) is 2.48. The molecule has 1 aromatic carbocycles. The first-order valence-corrected chi connectivity index (χ1v) is 5.97. The smallest absolute Gasteiger partial charge is 0.112 e. The SMILES string of the molecule is CCc1nccn1-c1ccnc2c(N)cccc12. The molecule has 0 fully saturated rings. The zero-order chi connectivity index (χ0) is 12.5.